The predicted octanol–water partition coefficient (Wildman–Crippen LogP) is 3.79. The first-order valence-corrected chi connectivity index (χ1v) is 9.41. The summed E-state index contributed by atoms with van der Waals surface area (Å²) < 4.78 is 11.7. The summed E-state index contributed by atoms with van der Waals surface area (Å²) in [7, 11) is 0. The average Bonchev–Trinajstić information content (AvgIpc) is 2.81. The molecule has 138 valence electrons. The number of ether oxygens (including phenoxy) is 2. The normalized spacial score (nSPS) is 25.7. The molecule has 1 aromatic rings. The molecule has 0 aliphatic carbocycles. The van der Waals surface area contributed by atoms with Gasteiger partial charge in [-0.1, -0.05) is 30.3 Å². The fraction of sp³-hybridized carbons (Fsp3) is 0.667. The molecule has 0 N–H and O–H groups in total. The molecule has 0 radical (unpaired) electrons. The fourth-order valence-corrected chi connectivity index (χ4v) is 4.32. The molecule has 0 bridgehead atoms. The maximum atomic E-state index is 13.4. The van der Waals surface area contributed by atoms with E-state index >= 15 is 0 Å². The Labute approximate surface area is 151 Å². The van der Waals surface area contributed by atoms with Crippen LogP contribution in [0.4, 0.5) is 0 Å². The number of rotatable bonds is 4. The van der Waals surface area contributed by atoms with Crippen molar-refractivity contribution < 1.29 is 14.3 Å². The Morgan fingerprint density at radius 1 is 1.12 bits per heavy atom. The third-order valence-electron chi connectivity index (χ3n) is 5.45. The van der Waals surface area contributed by atoms with E-state index in [1.165, 1.54) is 5.56 Å². The van der Waals surface area contributed by atoms with Gasteiger partial charge in [0.15, 0.2) is 0 Å². The van der Waals surface area contributed by atoms with Gasteiger partial charge in [-0.25, -0.2) is 0 Å². The summed E-state index contributed by atoms with van der Waals surface area (Å²) in [5.74, 6) is 0.323. The molecule has 0 saturated carbocycles. The van der Waals surface area contributed by atoms with Gasteiger partial charge >= 0.3 is 0 Å². The Morgan fingerprint density at radius 3 is 2.32 bits per heavy atom. The van der Waals surface area contributed by atoms with Crippen LogP contribution in [0.5, 0.6) is 0 Å². The standard InChI is InChI=1S/C21H31NO3/c1-20(2)14-18(21(3,4)25-20)22(15-16-8-6-5-7-9-16)19(23)17-10-12-24-13-11-17/h5-9,17-18H,10-15H2,1-4H3/t18-/m1/s1. The second-order valence-corrected chi connectivity index (χ2v) is 8.52. The molecular weight excluding hydrogens is 314 g/mol. The Balaban J connectivity index is 1.87. The van der Waals surface area contributed by atoms with Crippen molar-refractivity contribution in [2.24, 2.45) is 5.92 Å². The van der Waals surface area contributed by atoms with Crippen molar-refractivity contribution in [3.05, 3.63) is 35.9 Å². The molecule has 1 aromatic carbocycles. The van der Waals surface area contributed by atoms with Crippen molar-refractivity contribution in [1.29, 1.82) is 0 Å². The van der Waals surface area contributed by atoms with Gasteiger partial charge in [0, 0.05) is 25.7 Å². The van der Waals surface area contributed by atoms with Crippen LogP contribution >= 0.6 is 0 Å². The second kappa shape index (κ2) is 7.08. The molecule has 2 aliphatic heterocycles. The highest BCUT2D eigenvalue weighted by molar-refractivity contribution is 5.79. The van der Waals surface area contributed by atoms with Crippen LogP contribution in [0.15, 0.2) is 30.3 Å². The molecular formula is C21H31NO3. The van der Waals surface area contributed by atoms with Gasteiger partial charge in [-0.15, -0.1) is 0 Å². The number of nitrogens with zero attached hydrogens (tertiary/aromatic N) is 1. The van der Waals surface area contributed by atoms with E-state index in [0.29, 0.717) is 19.8 Å². The minimum atomic E-state index is -0.348. The van der Waals surface area contributed by atoms with E-state index in [1.54, 1.807) is 0 Å². The summed E-state index contributed by atoms with van der Waals surface area (Å²) >= 11 is 0. The van der Waals surface area contributed by atoms with Gasteiger partial charge in [0.2, 0.25) is 5.91 Å². The molecule has 3 rings (SSSR count). The van der Waals surface area contributed by atoms with E-state index in [2.05, 4.69) is 44.7 Å². The molecule has 2 fully saturated rings. The Bertz CT molecular complexity index is 590. The third-order valence-corrected chi connectivity index (χ3v) is 5.45. The summed E-state index contributed by atoms with van der Waals surface area (Å²) in [4.78, 5) is 15.5. The summed E-state index contributed by atoms with van der Waals surface area (Å²) in [6.45, 7) is 10.5. The zero-order chi connectivity index (χ0) is 18.1. The lowest BCUT2D eigenvalue weighted by Gasteiger charge is -2.39. The molecule has 1 amide bonds. The number of hydrogen-bond acceptors (Lipinski definition) is 3. The van der Waals surface area contributed by atoms with Gasteiger partial charge in [-0.05, 0) is 52.5 Å². The van der Waals surface area contributed by atoms with Crippen molar-refractivity contribution in [3.63, 3.8) is 0 Å². The van der Waals surface area contributed by atoms with Crippen molar-refractivity contribution in [2.75, 3.05) is 13.2 Å². The summed E-state index contributed by atoms with van der Waals surface area (Å²) in [6.07, 6.45) is 2.50. The molecule has 4 heteroatoms. The topological polar surface area (TPSA) is 38.8 Å². The highest BCUT2D eigenvalue weighted by Crippen LogP contribution is 2.41. The van der Waals surface area contributed by atoms with Gasteiger partial charge in [0.25, 0.3) is 0 Å². The largest absolute Gasteiger partial charge is 0.381 e. The highest BCUT2D eigenvalue weighted by atomic mass is 16.5. The lowest BCUT2D eigenvalue weighted by atomic mass is 9.90. The monoisotopic (exact) mass is 345 g/mol. The molecule has 4 nitrogen and oxygen atoms in total. The first kappa shape index (κ1) is 18.4. The quantitative estimate of drug-likeness (QED) is 0.833. The maximum absolute atomic E-state index is 13.4. The van der Waals surface area contributed by atoms with Gasteiger partial charge in [-0.2, -0.15) is 0 Å². The van der Waals surface area contributed by atoms with Crippen molar-refractivity contribution in [3.8, 4) is 0 Å². The average molecular weight is 345 g/mol. The smallest absolute Gasteiger partial charge is 0.226 e. The lowest BCUT2D eigenvalue weighted by molar-refractivity contribution is -0.146. The van der Waals surface area contributed by atoms with Gasteiger partial charge in [0.05, 0.1) is 17.2 Å². The number of benzene rings is 1. The van der Waals surface area contributed by atoms with Crippen molar-refractivity contribution in [1.82, 2.24) is 4.90 Å². The van der Waals surface area contributed by atoms with E-state index < -0.39 is 0 Å². The van der Waals surface area contributed by atoms with Crippen LogP contribution < -0.4 is 0 Å². The Kier molecular flexibility index (Phi) is 5.21. The fourth-order valence-electron chi connectivity index (χ4n) is 4.32. The molecule has 25 heavy (non-hydrogen) atoms. The third kappa shape index (κ3) is 4.24. The van der Waals surface area contributed by atoms with Crippen LogP contribution in [-0.4, -0.2) is 41.3 Å². The van der Waals surface area contributed by atoms with Crippen LogP contribution in [0, 0.1) is 5.92 Å². The summed E-state index contributed by atoms with van der Waals surface area (Å²) in [6, 6.07) is 10.4. The summed E-state index contributed by atoms with van der Waals surface area (Å²) in [5, 5.41) is 0. The summed E-state index contributed by atoms with van der Waals surface area (Å²) in [5.41, 5.74) is 0.612. The van der Waals surface area contributed by atoms with Crippen LogP contribution in [0.3, 0.4) is 0 Å². The Morgan fingerprint density at radius 2 is 1.76 bits per heavy atom. The highest BCUT2D eigenvalue weighted by Gasteiger charge is 2.50. The van der Waals surface area contributed by atoms with Crippen molar-refractivity contribution >= 4 is 5.91 Å². The maximum Gasteiger partial charge on any atom is 0.226 e. The van der Waals surface area contributed by atoms with Gasteiger partial charge in [0.1, 0.15) is 0 Å². The molecule has 0 aromatic heterocycles. The van der Waals surface area contributed by atoms with E-state index in [9.17, 15) is 4.79 Å². The first-order valence-electron chi connectivity index (χ1n) is 9.41. The first-order chi connectivity index (χ1) is 11.8. The SMILES string of the molecule is CC1(C)C[C@@H](N(Cc2ccccc2)C(=O)C2CCOCC2)C(C)(C)O1. The minimum absolute atomic E-state index is 0.0666. The van der Waals surface area contributed by atoms with E-state index in [-0.39, 0.29) is 29.1 Å². The number of carbonyl (C=O) groups excluding carboxylic acids is 1. The lowest BCUT2D eigenvalue weighted by Crippen LogP contribution is -2.51. The molecule has 2 heterocycles. The van der Waals surface area contributed by atoms with Crippen LogP contribution in [-0.2, 0) is 20.8 Å². The molecule has 2 saturated heterocycles. The molecule has 0 spiro atoms. The molecule has 0 unspecified atom stereocenters. The van der Waals surface area contributed by atoms with Crippen LogP contribution in [0.2, 0.25) is 0 Å². The van der Waals surface area contributed by atoms with E-state index in [0.717, 1.165) is 19.3 Å². The van der Waals surface area contributed by atoms with Gasteiger partial charge < -0.3 is 14.4 Å². The van der Waals surface area contributed by atoms with E-state index in [4.69, 9.17) is 9.47 Å². The zero-order valence-electron chi connectivity index (χ0n) is 16.0. The second-order valence-electron chi connectivity index (χ2n) is 8.52. The van der Waals surface area contributed by atoms with Crippen molar-refractivity contribution in [2.45, 2.75) is 70.7 Å². The van der Waals surface area contributed by atoms with Crippen LogP contribution in [0.1, 0.15) is 52.5 Å². The Hall–Kier alpha value is -1.39. The van der Waals surface area contributed by atoms with Crippen LogP contribution in [0.25, 0.3) is 0 Å². The molecule has 1 atom stereocenters. The number of amides is 1. The zero-order valence-corrected chi connectivity index (χ0v) is 16.0. The number of hydrogen-bond donors (Lipinski definition) is 0. The minimum Gasteiger partial charge on any atom is -0.381 e. The predicted molar refractivity (Wildman–Crippen MR) is 98.2 cm³/mol. The van der Waals surface area contributed by atoms with Gasteiger partial charge in [-0.3, -0.25) is 4.79 Å². The molecule has 2 aliphatic rings. The number of carbonyl (C=O) groups is 1. The van der Waals surface area contributed by atoms with E-state index in [1.807, 2.05) is 18.2 Å².